The second kappa shape index (κ2) is 6.43. The molecule has 0 rings (SSSR count). The van der Waals surface area contributed by atoms with E-state index in [9.17, 15) is 8.42 Å². The van der Waals surface area contributed by atoms with Crippen LogP contribution in [0.4, 0.5) is 0 Å². The molecule has 0 aliphatic carbocycles. The fourth-order valence-electron chi connectivity index (χ4n) is 1.01. The van der Waals surface area contributed by atoms with E-state index in [-0.39, 0.29) is 5.75 Å². The Morgan fingerprint density at radius 2 is 1.50 bits per heavy atom. The minimum atomic E-state index is -3.23. The Bertz CT molecular complexity index is 187. The molecule has 0 aliphatic heterocycles. The second-order valence-corrected chi connectivity index (χ2v) is 4.72. The van der Waals surface area contributed by atoms with Crippen molar-refractivity contribution in [3.8, 4) is 0 Å². The van der Waals surface area contributed by atoms with Gasteiger partial charge in [-0.2, -0.15) is 0 Å². The van der Waals surface area contributed by atoms with E-state index in [4.69, 9.17) is 5.14 Å². The van der Waals surface area contributed by atoms with Gasteiger partial charge in [-0.05, 0) is 6.42 Å². The number of hydrogen-bond acceptors (Lipinski definition) is 2. The van der Waals surface area contributed by atoms with E-state index >= 15 is 0 Å². The highest BCUT2D eigenvalue weighted by atomic mass is 32.2. The van der Waals surface area contributed by atoms with E-state index in [0.29, 0.717) is 6.42 Å². The van der Waals surface area contributed by atoms with E-state index in [1.54, 1.807) is 0 Å². The van der Waals surface area contributed by atoms with Crippen molar-refractivity contribution in [2.24, 2.45) is 5.14 Å². The lowest BCUT2D eigenvalue weighted by Crippen LogP contribution is -2.16. The van der Waals surface area contributed by atoms with Crippen LogP contribution in [0.5, 0.6) is 0 Å². The highest BCUT2D eigenvalue weighted by Gasteiger charge is 2.00. The molecular formula is C8H18NO2S. The first-order valence-electron chi connectivity index (χ1n) is 4.36. The molecule has 0 unspecified atom stereocenters. The number of unbranched alkanes of at least 4 members (excludes halogenated alkanes) is 5. The largest absolute Gasteiger partial charge is 0.229 e. The van der Waals surface area contributed by atoms with Gasteiger partial charge in [0.25, 0.3) is 0 Å². The van der Waals surface area contributed by atoms with Gasteiger partial charge in [0.1, 0.15) is 0 Å². The van der Waals surface area contributed by atoms with Gasteiger partial charge in [-0.3, -0.25) is 0 Å². The molecule has 0 aromatic carbocycles. The Kier molecular flexibility index (Phi) is 6.38. The number of nitrogens with two attached hydrogens (primary N) is 1. The van der Waals surface area contributed by atoms with Crippen LogP contribution < -0.4 is 5.14 Å². The van der Waals surface area contributed by atoms with Crippen molar-refractivity contribution in [3.63, 3.8) is 0 Å². The lowest BCUT2D eigenvalue weighted by Gasteiger charge is -1.98. The average Bonchev–Trinajstić information content (AvgIpc) is 1.94. The zero-order chi connectivity index (χ0) is 9.45. The predicted molar refractivity (Wildman–Crippen MR) is 51.0 cm³/mol. The number of rotatable bonds is 7. The molecule has 0 atom stereocenters. The van der Waals surface area contributed by atoms with Gasteiger partial charge < -0.3 is 0 Å². The summed E-state index contributed by atoms with van der Waals surface area (Å²) >= 11 is 0. The monoisotopic (exact) mass is 192 g/mol. The zero-order valence-electron chi connectivity index (χ0n) is 7.46. The maximum Gasteiger partial charge on any atom is 0.209 e. The van der Waals surface area contributed by atoms with Crippen molar-refractivity contribution in [1.82, 2.24) is 0 Å². The molecule has 0 heterocycles. The third-order valence-corrected chi connectivity index (χ3v) is 2.54. The first kappa shape index (κ1) is 11.9. The quantitative estimate of drug-likeness (QED) is 0.621. The standard InChI is InChI=1S/C8H18NO2S/c1-2-3-4-5-6-7-8-12(9,10)11/h1-8H2,(H2,9,10,11). The van der Waals surface area contributed by atoms with Crippen LogP contribution in [0.1, 0.15) is 38.5 Å². The molecular weight excluding hydrogens is 174 g/mol. The third-order valence-electron chi connectivity index (χ3n) is 1.68. The van der Waals surface area contributed by atoms with Crippen LogP contribution in [0.15, 0.2) is 0 Å². The van der Waals surface area contributed by atoms with Crippen LogP contribution in [-0.4, -0.2) is 14.2 Å². The maximum atomic E-state index is 10.5. The van der Waals surface area contributed by atoms with Crippen molar-refractivity contribution in [3.05, 3.63) is 6.92 Å². The summed E-state index contributed by atoms with van der Waals surface area (Å²) in [6.07, 6.45) is 5.98. The van der Waals surface area contributed by atoms with Gasteiger partial charge in [-0.15, -0.1) is 0 Å². The Morgan fingerprint density at radius 3 is 2.00 bits per heavy atom. The van der Waals surface area contributed by atoms with E-state index in [1.807, 2.05) is 0 Å². The van der Waals surface area contributed by atoms with Gasteiger partial charge in [0, 0.05) is 0 Å². The molecule has 0 fully saturated rings. The summed E-state index contributed by atoms with van der Waals surface area (Å²) in [6, 6.07) is 0. The highest BCUT2D eigenvalue weighted by molar-refractivity contribution is 7.89. The van der Waals surface area contributed by atoms with Crippen LogP contribution in [0.25, 0.3) is 0 Å². The summed E-state index contributed by atoms with van der Waals surface area (Å²) in [5.41, 5.74) is 0. The lowest BCUT2D eigenvalue weighted by atomic mass is 10.1. The topological polar surface area (TPSA) is 60.2 Å². The minimum Gasteiger partial charge on any atom is -0.229 e. The van der Waals surface area contributed by atoms with E-state index in [0.717, 1.165) is 32.1 Å². The molecule has 0 amide bonds. The van der Waals surface area contributed by atoms with Crippen LogP contribution in [0, 0.1) is 6.92 Å². The van der Waals surface area contributed by atoms with Crippen molar-refractivity contribution < 1.29 is 8.42 Å². The lowest BCUT2D eigenvalue weighted by molar-refractivity contribution is 0.586. The van der Waals surface area contributed by atoms with Crippen LogP contribution in [0.2, 0.25) is 0 Å². The van der Waals surface area contributed by atoms with E-state index in [2.05, 4.69) is 6.92 Å². The van der Waals surface area contributed by atoms with E-state index in [1.165, 1.54) is 0 Å². The fourth-order valence-corrected chi connectivity index (χ4v) is 1.62. The summed E-state index contributed by atoms with van der Waals surface area (Å²) in [5, 5.41) is 4.84. The zero-order valence-corrected chi connectivity index (χ0v) is 8.28. The van der Waals surface area contributed by atoms with Crippen LogP contribution >= 0.6 is 0 Å². The smallest absolute Gasteiger partial charge is 0.209 e. The molecule has 0 aromatic rings. The molecule has 0 spiro atoms. The maximum absolute atomic E-state index is 10.5. The van der Waals surface area contributed by atoms with Crippen molar-refractivity contribution >= 4 is 10.0 Å². The van der Waals surface area contributed by atoms with Crippen molar-refractivity contribution in [2.45, 2.75) is 38.5 Å². The van der Waals surface area contributed by atoms with Gasteiger partial charge in [0.2, 0.25) is 10.0 Å². The minimum absolute atomic E-state index is 0.122. The highest BCUT2D eigenvalue weighted by Crippen LogP contribution is 2.04. The third kappa shape index (κ3) is 9.91. The molecule has 0 bridgehead atoms. The summed E-state index contributed by atoms with van der Waals surface area (Å²) < 4.78 is 21.0. The van der Waals surface area contributed by atoms with Gasteiger partial charge >= 0.3 is 0 Å². The number of hydrogen-bond donors (Lipinski definition) is 1. The molecule has 0 saturated carbocycles. The first-order chi connectivity index (χ1) is 5.56. The van der Waals surface area contributed by atoms with E-state index < -0.39 is 10.0 Å². The summed E-state index contributed by atoms with van der Waals surface area (Å²) in [4.78, 5) is 0. The Morgan fingerprint density at radius 1 is 1.00 bits per heavy atom. The molecule has 0 saturated heterocycles. The van der Waals surface area contributed by atoms with Crippen LogP contribution in [-0.2, 0) is 10.0 Å². The Balaban J connectivity index is 3.12. The molecule has 12 heavy (non-hydrogen) atoms. The summed E-state index contributed by atoms with van der Waals surface area (Å²) in [7, 11) is -3.23. The molecule has 0 aliphatic rings. The van der Waals surface area contributed by atoms with Crippen LogP contribution in [0.3, 0.4) is 0 Å². The Labute approximate surface area is 75.4 Å². The molecule has 1 radical (unpaired) electrons. The van der Waals surface area contributed by atoms with Crippen molar-refractivity contribution in [1.29, 1.82) is 0 Å². The molecule has 0 aromatic heterocycles. The normalized spacial score (nSPS) is 11.8. The van der Waals surface area contributed by atoms with Gasteiger partial charge in [0.05, 0.1) is 5.75 Å². The Hall–Kier alpha value is -0.0900. The van der Waals surface area contributed by atoms with Crippen molar-refractivity contribution in [2.75, 3.05) is 5.75 Å². The summed E-state index contributed by atoms with van der Waals surface area (Å²) in [6.45, 7) is 3.73. The van der Waals surface area contributed by atoms with Gasteiger partial charge in [-0.25, -0.2) is 13.6 Å². The summed E-state index contributed by atoms with van der Waals surface area (Å²) in [5.74, 6) is 0.122. The molecule has 2 N–H and O–H groups in total. The second-order valence-electron chi connectivity index (χ2n) is 2.99. The molecule has 4 heteroatoms. The number of primary sulfonamides is 1. The number of sulfonamides is 1. The first-order valence-corrected chi connectivity index (χ1v) is 6.07. The predicted octanol–water partition coefficient (Wildman–Crippen LogP) is 1.45. The fraction of sp³-hybridized carbons (Fsp3) is 0.875. The average molecular weight is 192 g/mol. The van der Waals surface area contributed by atoms with Gasteiger partial charge in [-0.1, -0.05) is 39.0 Å². The molecule has 3 nitrogen and oxygen atoms in total. The SMILES string of the molecule is [CH2]CCCCCCCS(N)(=O)=O. The van der Waals surface area contributed by atoms with Gasteiger partial charge in [0.15, 0.2) is 0 Å². The molecule has 73 valence electrons.